The van der Waals surface area contributed by atoms with Gasteiger partial charge in [-0.1, -0.05) is 18.2 Å². The first-order valence-electron chi connectivity index (χ1n) is 8.42. The molecule has 0 atom stereocenters. The van der Waals surface area contributed by atoms with E-state index in [2.05, 4.69) is 23.2 Å². The minimum atomic E-state index is 0.0719. The van der Waals surface area contributed by atoms with Crippen LogP contribution in [0.5, 0.6) is 0 Å². The average Bonchev–Trinajstić information content (AvgIpc) is 3.02. The van der Waals surface area contributed by atoms with E-state index in [1.165, 1.54) is 28.7 Å². The van der Waals surface area contributed by atoms with Crippen LogP contribution >= 0.6 is 11.3 Å². The van der Waals surface area contributed by atoms with Crippen LogP contribution in [-0.2, 0) is 19.4 Å². The lowest BCUT2D eigenvalue weighted by Gasteiger charge is -2.19. The number of fused-ring (bicyclic) bond motifs is 2. The number of rotatable bonds is 3. The van der Waals surface area contributed by atoms with E-state index in [-0.39, 0.29) is 5.91 Å². The van der Waals surface area contributed by atoms with E-state index >= 15 is 0 Å². The zero-order valence-electron chi connectivity index (χ0n) is 13.8. The molecule has 0 saturated carbocycles. The van der Waals surface area contributed by atoms with Gasteiger partial charge in [0.25, 0.3) is 5.91 Å². The monoisotopic (exact) mass is 336 g/mol. The highest BCUT2D eigenvalue weighted by atomic mass is 32.1. The van der Waals surface area contributed by atoms with Crippen LogP contribution in [0.4, 0.5) is 0 Å². The number of para-hydroxylation sites is 1. The van der Waals surface area contributed by atoms with Crippen molar-refractivity contribution >= 4 is 27.5 Å². The molecule has 0 fully saturated rings. The van der Waals surface area contributed by atoms with Crippen molar-refractivity contribution in [2.75, 3.05) is 7.05 Å². The first kappa shape index (κ1) is 15.3. The van der Waals surface area contributed by atoms with Gasteiger partial charge in [0.2, 0.25) is 0 Å². The van der Waals surface area contributed by atoms with E-state index in [4.69, 9.17) is 0 Å². The lowest BCUT2D eigenvalue weighted by Crippen LogP contribution is -2.26. The maximum Gasteiger partial charge on any atom is 0.253 e. The molecular weight excluding hydrogens is 316 g/mol. The smallest absolute Gasteiger partial charge is 0.253 e. The molecule has 0 unspecified atom stereocenters. The zero-order valence-corrected chi connectivity index (χ0v) is 14.6. The minimum Gasteiger partial charge on any atom is -0.335 e. The number of amides is 1. The highest BCUT2D eigenvalue weighted by Gasteiger charge is 2.17. The molecule has 122 valence electrons. The fourth-order valence-corrected chi connectivity index (χ4v) is 4.37. The van der Waals surface area contributed by atoms with Crippen LogP contribution in [0.15, 0.2) is 42.5 Å². The van der Waals surface area contributed by atoms with Gasteiger partial charge in [-0.05, 0) is 61.1 Å². The Morgan fingerprint density at radius 3 is 2.75 bits per heavy atom. The summed E-state index contributed by atoms with van der Waals surface area (Å²) in [6.45, 7) is 0.551. The van der Waals surface area contributed by atoms with Crippen LogP contribution in [0.2, 0.25) is 0 Å². The van der Waals surface area contributed by atoms with Gasteiger partial charge >= 0.3 is 0 Å². The fraction of sp³-hybridized carbons (Fsp3) is 0.300. The zero-order chi connectivity index (χ0) is 16.5. The highest BCUT2D eigenvalue weighted by Crippen LogP contribution is 2.25. The van der Waals surface area contributed by atoms with Crippen molar-refractivity contribution in [2.24, 2.45) is 0 Å². The summed E-state index contributed by atoms with van der Waals surface area (Å²) in [7, 11) is 1.86. The molecule has 1 aliphatic rings. The number of aromatic nitrogens is 1. The van der Waals surface area contributed by atoms with Crippen molar-refractivity contribution in [1.29, 1.82) is 0 Å². The Bertz CT molecular complexity index is 867. The molecule has 2 aromatic carbocycles. The Labute approximate surface area is 146 Å². The number of carbonyl (C=O) groups is 1. The number of benzene rings is 2. The van der Waals surface area contributed by atoms with Crippen LogP contribution in [0.25, 0.3) is 10.2 Å². The quantitative estimate of drug-likeness (QED) is 0.708. The van der Waals surface area contributed by atoms with Crippen molar-refractivity contribution in [2.45, 2.75) is 32.2 Å². The number of nitrogens with zero attached hydrogens (tertiary/aromatic N) is 2. The predicted octanol–water partition coefficient (Wildman–Crippen LogP) is 4.45. The summed E-state index contributed by atoms with van der Waals surface area (Å²) in [6, 6.07) is 14.3. The van der Waals surface area contributed by atoms with E-state index < -0.39 is 0 Å². The molecule has 1 amide bonds. The van der Waals surface area contributed by atoms with Crippen LogP contribution in [0.1, 0.15) is 39.3 Å². The van der Waals surface area contributed by atoms with E-state index in [1.807, 2.05) is 31.3 Å². The second-order valence-electron chi connectivity index (χ2n) is 6.43. The Balaban J connectivity index is 1.53. The first-order valence-corrected chi connectivity index (χ1v) is 9.24. The molecule has 24 heavy (non-hydrogen) atoms. The Morgan fingerprint density at radius 2 is 1.92 bits per heavy atom. The molecule has 4 heteroatoms. The molecule has 0 radical (unpaired) electrons. The SMILES string of the molecule is CN(Cc1nc2ccccc2s1)C(=O)c1ccc2c(c1)CCCC2. The van der Waals surface area contributed by atoms with Gasteiger partial charge in [0, 0.05) is 12.6 Å². The fourth-order valence-electron chi connectivity index (χ4n) is 3.35. The summed E-state index contributed by atoms with van der Waals surface area (Å²) < 4.78 is 1.17. The maximum atomic E-state index is 12.8. The number of hydrogen-bond donors (Lipinski definition) is 0. The molecule has 1 heterocycles. The number of aryl methyl sites for hydroxylation is 2. The van der Waals surface area contributed by atoms with Gasteiger partial charge in [-0.3, -0.25) is 4.79 Å². The lowest BCUT2D eigenvalue weighted by molar-refractivity contribution is 0.0785. The topological polar surface area (TPSA) is 33.2 Å². The molecule has 3 aromatic rings. The van der Waals surface area contributed by atoms with Crippen LogP contribution in [0.3, 0.4) is 0 Å². The van der Waals surface area contributed by atoms with E-state index in [0.717, 1.165) is 28.9 Å². The van der Waals surface area contributed by atoms with Gasteiger partial charge in [0.1, 0.15) is 5.01 Å². The normalized spacial score (nSPS) is 13.7. The average molecular weight is 336 g/mol. The standard InChI is InChI=1S/C20H20N2OS/c1-22(13-19-21-17-8-4-5-9-18(17)24-19)20(23)16-11-10-14-6-2-3-7-15(14)12-16/h4-5,8-12H,2-3,6-7,13H2,1H3. The minimum absolute atomic E-state index is 0.0719. The van der Waals surface area contributed by atoms with Crippen molar-refractivity contribution in [3.8, 4) is 0 Å². The van der Waals surface area contributed by atoms with Crippen LogP contribution in [0, 0.1) is 0 Å². The summed E-state index contributed by atoms with van der Waals surface area (Å²) >= 11 is 1.66. The molecule has 0 aliphatic heterocycles. The van der Waals surface area contributed by atoms with Gasteiger partial charge < -0.3 is 4.90 Å². The Kier molecular flexibility index (Phi) is 4.07. The Hall–Kier alpha value is -2.20. The summed E-state index contributed by atoms with van der Waals surface area (Å²) in [4.78, 5) is 19.1. The number of thiazole rings is 1. The third-order valence-electron chi connectivity index (χ3n) is 4.65. The maximum absolute atomic E-state index is 12.8. The summed E-state index contributed by atoms with van der Waals surface area (Å²) in [5.41, 5.74) is 4.55. The summed E-state index contributed by atoms with van der Waals surface area (Å²) in [5, 5.41) is 0.977. The second kappa shape index (κ2) is 6.36. The highest BCUT2D eigenvalue weighted by molar-refractivity contribution is 7.18. The summed E-state index contributed by atoms with van der Waals surface area (Å²) in [6.07, 6.45) is 4.73. The lowest BCUT2D eigenvalue weighted by atomic mass is 9.90. The largest absolute Gasteiger partial charge is 0.335 e. The third kappa shape index (κ3) is 2.94. The van der Waals surface area contributed by atoms with E-state index in [1.54, 1.807) is 16.2 Å². The molecule has 0 saturated heterocycles. The second-order valence-corrected chi connectivity index (χ2v) is 7.54. The van der Waals surface area contributed by atoms with Crippen LogP contribution < -0.4 is 0 Å². The van der Waals surface area contributed by atoms with E-state index in [9.17, 15) is 4.79 Å². The molecule has 1 aromatic heterocycles. The van der Waals surface area contributed by atoms with Gasteiger partial charge in [-0.25, -0.2) is 4.98 Å². The van der Waals surface area contributed by atoms with Gasteiger partial charge in [0.05, 0.1) is 16.8 Å². The van der Waals surface area contributed by atoms with Gasteiger partial charge in [0.15, 0.2) is 0 Å². The molecule has 3 nitrogen and oxygen atoms in total. The number of carbonyl (C=O) groups excluding carboxylic acids is 1. The van der Waals surface area contributed by atoms with Gasteiger partial charge in [-0.15, -0.1) is 11.3 Å². The van der Waals surface area contributed by atoms with Crippen LogP contribution in [-0.4, -0.2) is 22.8 Å². The van der Waals surface area contributed by atoms with Crippen molar-refractivity contribution in [3.05, 3.63) is 64.2 Å². The van der Waals surface area contributed by atoms with Crippen molar-refractivity contribution in [1.82, 2.24) is 9.88 Å². The predicted molar refractivity (Wildman–Crippen MR) is 98.5 cm³/mol. The first-order chi connectivity index (χ1) is 11.7. The van der Waals surface area contributed by atoms with E-state index in [0.29, 0.717) is 6.54 Å². The van der Waals surface area contributed by atoms with Crippen molar-refractivity contribution in [3.63, 3.8) is 0 Å². The third-order valence-corrected chi connectivity index (χ3v) is 5.67. The Morgan fingerprint density at radius 1 is 1.12 bits per heavy atom. The molecule has 4 rings (SSSR count). The molecule has 0 N–H and O–H groups in total. The molecular formula is C20H20N2OS. The van der Waals surface area contributed by atoms with Crippen molar-refractivity contribution < 1.29 is 4.79 Å². The summed E-state index contributed by atoms with van der Waals surface area (Å²) in [5.74, 6) is 0.0719. The van der Waals surface area contributed by atoms with Gasteiger partial charge in [-0.2, -0.15) is 0 Å². The molecule has 0 bridgehead atoms. The molecule has 0 spiro atoms. The number of hydrogen-bond acceptors (Lipinski definition) is 3. The molecule has 1 aliphatic carbocycles.